The number of aromatic nitrogens is 2. The fourth-order valence-electron chi connectivity index (χ4n) is 2.14. The highest BCUT2D eigenvalue weighted by Gasteiger charge is 2.22. The van der Waals surface area contributed by atoms with Gasteiger partial charge in [0, 0.05) is 5.69 Å². The Bertz CT molecular complexity index is 897. The summed E-state index contributed by atoms with van der Waals surface area (Å²) >= 11 is 12.3. The van der Waals surface area contributed by atoms with Crippen LogP contribution in [-0.4, -0.2) is 14.7 Å². The molecule has 0 unspecified atom stereocenters. The van der Waals surface area contributed by atoms with E-state index in [4.69, 9.17) is 23.2 Å². The summed E-state index contributed by atoms with van der Waals surface area (Å²) in [6.45, 7) is 0. The maximum atomic E-state index is 13.1. The van der Waals surface area contributed by atoms with Crippen molar-refractivity contribution in [2.24, 2.45) is 0 Å². The van der Waals surface area contributed by atoms with Crippen molar-refractivity contribution in [2.75, 3.05) is 0 Å². The number of halogens is 3. The van der Waals surface area contributed by atoms with Gasteiger partial charge in [-0.2, -0.15) is 5.26 Å². The van der Waals surface area contributed by atoms with E-state index < -0.39 is 5.82 Å². The zero-order valence-electron chi connectivity index (χ0n) is 10.3. The molecule has 0 saturated carbocycles. The summed E-state index contributed by atoms with van der Waals surface area (Å²) in [6.07, 6.45) is 1.14. The second kappa shape index (κ2) is 4.92. The number of nitrogens with zero attached hydrogens (tertiary/aromatic N) is 3. The minimum absolute atomic E-state index is 0.0564. The van der Waals surface area contributed by atoms with Gasteiger partial charge in [0.15, 0.2) is 5.69 Å². The lowest BCUT2D eigenvalue weighted by molar-refractivity contribution is 0.479. The number of aromatic hydroxyl groups is 1. The summed E-state index contributed by atoms with van der Waals surface area (Å²) in [5, 5.41) is 19.5. The predicted molar refractivity (Wildman–Crippen MR) is 77.4 cm³/mol. The summed E-state index contributed by atoms with van der Waals surface area (Å²) in [7, 11) is 0. The molecule has 0 aliphatic rings. The zero-order valence-corrected chi connectivity index (χ0v) is 11.8. The van der Waals surface area contributed by atoms with Crippen LogP contribution in [0.25, 0.3) is 16.6 Å². The number of benzene rings is 1. The summed E-state index contributed by atoms with van der Waals surface area (Å²) < 4.78 is 14.5. The number of nitriles is 1. The van der Waals surface area contributed by atoms with Crippen LogP contribution in [0.15, 0.2) is 30.5 Å². The lowest BCUT2D eigenvalue weighted by atomic mass is 10.2. The molecule has 0 atom stereocenters. The lowest BCUT2D eigenvalue weighted by Gasteiger charge is -2.07. The molecule has 104 valence electrons. The Kier molecular flexibility index (Phi) is 3.20. The molecule has 0 aliphatic heterocycles. The molecule has 2 heterocycles. The van der Waals surface area contributed by atoms with Gasteiger partial charge in [-0.1, -0.05) is 23.2 Å². The van der Waals surface area contributed by atoms with Crippen LogP contribution in [0.5, 0.6) is 5.75 Å². The lowest BCUT2D eigenvalue weighted by Crippen LogP contribution is -1.97. The molecule has 2 aromatic heterocycles. The molecular weight excluding hydrogens is 316 g/mol. The van der Waals surface area contributed by atoms with Gasteiger partial charge < -0.3 is 5.11 Å². The Morgan fingerprint density at radius 3 is 2.52 bits per heavy atom. The van der Waals surface area contributed by atoms with E-state index in [1.54, 1.807) is 0 Å². The van der Waals surface area contributed by atoms with Crippen molar-refractivity contribution in [1.29, 1.82) is 5.26 Å². The third-order valence-electron chi connectivity index (χ3n) is 3.04. The van der Waals surface area contributed by atoms with E-state index in [0.717, 1.165) is 6.20 Å². The van der Waals surface area contributed by atoms with E-state index in [9.17, 15) is 14.8 Å². The standard InChI is InChI=1S/C14H6Cl2FN3O/c15-12-11-10(21)6-19-9(5-18)13(11)20(14(12)16)8-3-1-7(17)2-4-8/h1-4,6,21H. The van der Waals surface area contributed by atoms with E-state index in [-0.39, 0.29) is 32.5 Å². The van der Waals surface area contributed by atoms with Crippen molar-refractivity contribution in [3.8, 4) is 17.5 Å². The molecule has 3 aromatic rings. The fraction of sp³-hybridized carbons (Fsp3) is 0. The molecule has 0 fully saturated rings. The summed E-state index contributed by atoms with van der Waals surface area (Å²) in [4.78, 5) is 3.86. The van der Waals surface area contributed by atoms with Crippen molar-refractivity contribution in [3.05, 3.63) is 52.1 Å². The first-order valence-electron chi connectivity index (χ1n) is 5.78. The molecule has 0 saturated heterocycles. The van der Waals surface area contributed by atoms with Crippen LogP contribution in [0.4, 0.5) is 4.39 Å². The average molecular weight is 322 g/mol. The van der Waals surface area contributed by atoms with Crippen molar-refractivity contribution in [3.63, 3.8) is 0 Å². The molecular formula is C14H6Cl2FN3O. The van der Waals surface area contributed by atoms with Crippen LogP contribution in [0.1, 0.15) is 5.69 Å². The molecule has 7 heteroatoms. The van der Waals surface area contributed by atoms with E-state index in [1.165, 1.54) is 28.8 Å². The minimum Gasteiger partial charge on any atom is -0.506 e. The van der Waals surface area contributed by atoms with Crippen LogP contribution in [0.2, 0.25) is 10.2 Å². The largest absolute Gasteiger partial charge is 0.506 e. The normalized spacial score (nSPS) is 10.8. The SMILES string of the molecule is N#Cc1ncc(O)c2c(Cl)c(Cl)n(-c3ccc(F)cc3)c12. The Labute approximate surface area is 128 Å². The Hall–Kier alpha value is -2.29. The van der Waals surface area contributed by atoms with Crippen molar-refractivity contribution < 1.29 is 9.50 Å². The van der Waals surface area contributed by atoms with Crippen LogP contribution in [0, 0.1) is 17.1 Å². The Morgan fingerprint density at radius 1 is 1.24 bits per heavy atom. The van der Waals surface area contributed by atoms with E-state index in [0.29, 0.717) is 5.69 Å². The van der Waals surface area contributed by atoms with Gasteiger partial charge in [-0.05, 0) is 24.3 Å². The van der Waals surface area contributed by atoms with Crippen molar-refractivity contribution >= 4 is 34.1 Å². The van der Waals surface area contributed by atoms with Gasteiger partial charge in [0.05, 0.1) is 22.1 Å². The van der Waals surface area contributed by atoms with Gasteiger partial charge in [0.2, 0.25) is 0 Å². The molecule has 21 heavy (non-hydrogen) atoms. The van der Waals surface area contributed by atoms with E-state index in [2.05, 4.69) is 4.98 Å². The van der Waals surface area contributed by atoms with Gasteiger partial charge in [-0.3, -0.25) is 4.57 Å². The fourth-order valence-corrected chi connectivity index (χ4v) is 2.69. The third kappa shape index (κ3) is 2.00. The van der Waals surface area contributed by atoms with Crippen LogP contribution < -0.4 is 0 Å². The van der Waals surface area contributed by atoms with E-state index >= 15 is 0 Å². The molecule has 4 nitrogen and oxygen atoms in total. The van der Waals surface area contributed by atoms with Gasteiger partial charge >= 0.3 is 0 Å². The van der Waals surface area contributed by atoms with Gasteiger partial charge in [0.1, 0.15) is 22.8 Å². The molecule has 0 spiro atoms. The molecule has 0 amide bonds. The molecule has 0 aliphatic carbocycles. The van der Waals surface area contributed by atoms with Gasteiger partial charge in [0.25, 0.3) is 0 Å². The molecule has 3 rings (SSSR count). The minimum atomic E-state index is -0.404. The van der Waals surface area contributed by atoms with Gasteiger partial charge in [-0.25, -0.2) is 9.37 Å². The maximum Gasteiger partial charge on any atom is 0.165 e. The molecule has 0 radical (unpaired) electrons. The number of fused-ring (bicyclic) bond motifs is 1. The second-order valence-electron chi connectivity index (χ2n) is 4.24. The first kappa shape index (κ1) is 13.7. The quantitative estimate of drug-likeness (QED) is 0.735. The Morgan fingerprint density at radius 2 is 1.90 bits per heavy atom. The van der Waals surface area contributed by atoms with Crippen LogP contribution >= 0.6 is 23.2 Å². The molecule has 1 N–H and O–H groups in total. The van der Waals surface area contributed by atoms with Crippen LogP contribution in [0.3, 0.4) is 0 Å². The molecule has 0 bridgehead atoms. The van der Waals surface area contributed by atoms with Gasteiger partial charge in [-0.15, -0.1) is 0 Å². The first-order valence-corrected chi connectivity index (χ1v) is 6.53. The summed E-state index contributed by atoms with van der Waals surface area (Å²) in [6, 6.07) is 7.42. The predicted octanol–water partition coefficient (Wildman–Crippen LogP) is 4.05. The molecule has 1 aromatic carbocycles. The summed E-state index contributed by atoms with van der Waals surface area (Å²) in [5.41, 5.74) is 0.835. The van der Waals surface area contributed by atoms with Crippen molar-refractivity contribution in [2.45, 2.75) is 0 Å². The smallest absolute Gasteiger partial charge is 0.165 e. The zero-order chi connectivity index (χ0) is 15.1. The average Bonchev–Trinajstić information content (AvgIpc) is 2.74. The highest BCUT2D eigenvalue weighted by atomic mass is 35.5. The van der Waals surface area contributed by atoms with Crippen LogP contribution in [-0.2, 0) is 0 Å². The second-order valence-corrected chi connectivity index (χ2v) is 4.98. The number of hydrogen-bond donors (Lipinski definition) is 1. The number of pyridine rings is 1. The highest BCUT2D eigenvalue weighted by molar-refractivity contribution is 6.46. The number of rotatable bonds is 1. The highest BCUT2D eigenvalue weighted by Crippen LogP contribution is 2.41. The van der Waals surface area contributed by atoms with E-state index in [1.807, 2.05) is 6.07 Å². The topological polar surface area (TPSA) is 61.8 Å². The maximum absolute atomic E-state index is 13.1. The monoisotopic (exact) mass is 321 g/mol. The first-order chi connectivity index (χ1) is 10.0. The Balaban J connectivity index is 2.48. The third-order valence-corrected chi connectivity index (χ3v) is 3.87. The van der Waals surface area contributed by atoms with Crippen molar-refractivity contribution in [1.82, 2.24) is 9.55 Å². The summed E-state index contributed by atoms with van der Waals surface area (Å²) in [5.74, 6) is -0.587. The number of hydrogen-bond acceptors (Lipinski definition) is 3.